The Morgan fingerprint density at radius 1 is 1.48 bits per heavy atom. The molecule has 1 unspecified atom stereocenters. The lowest BCUT2D eigenvalue weighted by Crippen LogP contribution is -2.47. The first-order chi connectivity index (χ1) is 10.00. The smallest absolute Gasteiger partial charge is 0.337 e. The van der Waals surface area contributed by atoms with Crippen LogP contribution < -0.4 is 10.6 Å². The molecule has 5 nitrogen and oxygen atoms in total. The average Bonchev–Trinajstić information content (AvgIpc) is 2.49. The highest BCUT2D eigenvalue weighted by atomic mass is 79.9. The van der Waals surface area contributed by atoms with Crippen LogP contribution in [-0.2, 0) is 4.79 Å². The van der Waals surface area contributed by atoms with Crippen molar-refractivity contribution in [2.45, 2.75) is 26.2 Å². The second-order valence-electron chi connectivity index (χ2n) is 5.34. The van der Waals surface area contributed by atoms with Crippen molar-refractivity contribution < 1.29 is 14.7 Å². The van der Waals surface area contributed by atoms with Gasteiger partial charge in [0.1, 0.15) is 0 Å². The Morgan fingerprint density at radius 3 is 2.81 bits per heavy atom. The minimum absolute atomic E-state index is 0.0905. The summed E-state index contributed by atoms with van der Waals surface area (Å²) >= 11 is 3.31. The molecule has 1 aromatic carbocycles. The Kier molecular flexibility index (Phi) is 5.00. The topological polar surface area (TPSA) is 78.4 Å². The number of carboxylic acid groups (broad SMARTS) is 1. The number of benzene rings is 1. The quantitative estimate of drug-likeness (QED) is 0.776. The molecule has 1 saturated heterocycles. The Labute approximate surface area is 132 Å². The van der Waals surface area contributed by atoms with Crippen molar-refractivity contribution in [2.75, 3.05) is 18.4 Å². The molecule has 3 N–H and O–H groups in total. The lowest BCUT2D eigenvalue weighted by molar-refractivity contribution is -0.126. The summed E-state index contributed by atoms with van der Waals surface area (Å²) in [5.41, 5.74) is -0.0512. The lowest BCUT2D eigenvalue weighted by atomic mass is 9.77. The minimum atomic E-state index is -1.06. The monoisotopic (exact) mass is 354 g/mol. The van der Waals surface area contributed by atoms with Crippen molar-refractivity contribution in [1.29, 1.82) is 0 Å². The van der Waals surface area contributed by atoms with Gasteiger partial charge in [-0.2, -0.15) is 0 Å². The van der Waals surface area contributed by atoms with E-state index in [1.165, 1.54) is 6.07 Å². The van der Waals surface area contributed by atoms with Gasteiger partial charge in [-0.1, -0.05) is 13.0 Å². The summed E-state index contributed by atoms with van der Waals surface area (Å²) in [6, 6.07) is 4.85. The molecular weight excluding hydrogens is 336 g/mol. The minimum Gasteiger partial charge on any atom is -0.478 e. The highest BCUT2D eigenvalue weighted by Gasteiger charge is 2.38. The Balaban J connectivity index is 2.29. The maximum atomic E-state index is 12.7. The third kappa shape index (κ3) is 3.27. The molecular formula is C15H19BrN2O3. The highest BCUT2D eigenvalue weighted by molar-refractivity contribution is 9.10. The number of hydrogen-bond donors (Lipinski definition) is 3. The molecule has 1 atom stereocenters. The molecule has 0 spiro atoms. The van der Waals surface area contributed by atoms with Gasteiger partial charge in [0.05, 0.1) is 16.7 Å². The number of para-hydroxylation sites is 1. The van der Waals surface area contributed by atoms with Crippen molar-refractivity contribution in [2.24, 2.45) is 5.41 Å². The number of piperidine rings is 1. The summed E-state index contributed by atoms with van der Waals surface area (Å²) in [6.45, 7) is 3.54. The van der Waals surface area contributed by atoms with Crippen LogP contribution in [-0.4, -0.2) is 30.1 Å². The van der Waals surface area contributed by atoms with Crippen molar-refractivity contribution in [1.82, 2.24) is 5.32 Å². The van der Waals surface area contributed by atoms with E-state index in [-0.39, 0.29) is 11.5 Å². The van der Waals surface area contributed by atoms with Crippen LogP contribution in [0.25, 0.3) is 0 Å². The molecule has 21 heavy (non-hydrogen) atoms. The molecule has 0 aromatic heterocycles. The van der Waals surface area contributed by atoms with Crippen molar-refractivity contribution >= 4 is 33.5 Å². The highest BCUT2D eigenvalue weighted by Crippen LogP contribution is 2.34. The van der Waals surface area contributed by atoms with Gasteiger partial charge in [0.15, 0.2) is 0 Å². The van der Waals surface area contributed by atoms with E-state index in [4.69, 9.17) is 0 Å². The molecule has 1 aliphatic rings. The van der Waals surface area contributed by atoms with Crippen molar-refractivity contribution in [3.8, 4) is 0 Å². The number of carbonyl (C=O) groups is 2. The Morgan fingerprint density at radius 2 is 2.24 bits per heavy atom. The van der Waals surface area contributed by atoms with E-state index in [1.54, 1.807) is 12.1 Å². The van der Waals surface area contributed by atoms with E-state index in [0.29, 0.717) is 16.7 Å². The van der Waals surface area contributed by atoms with Gasteiger partial charge in [-0.15, -0.1) is 0 Å². The second kappa shape index (κ2) is 6.58. The average molecular weight is 355 g/mol. The van der Waals surface area contributed by atoms with Gasteiger partial charge in [0.2, 0.25) is 5.91 Å². The molecule has 1 aromatic rings. The molecule has 1 fully saturated rings. The van der Waals surface area contributed by atoms with E-state index in [9.17, 15) is 14.7 Å². The van der Waals surface area contributed by atoms with Crippen molar-refractivity contribution in [3.05, 3.63) is 28.2 Å². The summed E-state index contributed by atoms with van der Waals surface area (Å²) in [7, 11) is 0. The zero-order valence-corrected chi connectivity index (χ0v) is 13.5. The van der Waals surface area contributed by atoms with E-state index in [1.807, 2.05) is 6.92 Å². The van der Waals surface area contributed by atoms with E-state index in [0.717, 1.165) is 25.8 Å². The van der Waals surface area contributed by atoms with Gasteiger partial charge in [-0.3, -0.25) is 4.79 Å². The van der Waals surface area contributed by atoms with Crippen LogP contribution in [0.2, 0.25) is 0 Å². The Hall–Kier alpha value is -1.40. The van der Waals surface area contributed by atoms with Gasteiger partial charge < -0.3 is 15.7 Å². The zero-order chi connectivity index (χ0) is 15.5. The normalized spacial score (nSPS) is 21.8. The predicted octanol–water partition coefficient (Wildman–Crippen LogP) is 2.87. The van der Waals surface area contributed by atoms with Gasteiger partial charge in [-0.25, -0.2) is 4.79 Å². The fraction of sp³-hybridized carbons (Fsp3) is 0.467. The fourth-order valence-electron chi connectivity index (χ4n) is 2.70. The lowest BCUT2D eigenvalue weighted by Gasteiger charge is -2.35. The number of nitrogens with one attached hydrogen (secondary N) is 2. The maximum absolute atomic E-state index is 12.7. The standard InChI is InChI=1S/C15H19BrN2O3/c1-2-15(7-4-8-17-9-15)14(21)18-12-10(13(19)20)5-3-6-11(12)16/h3,5-6,17H,2,4,7-9H2,1H3,(H,18,21)(H,19,20). The molecule has 1 aliphatic heterocycles. The number of carbonyl (C=O) groups excluding carboxylic acids is 1. The number of aromatic carboxylic acids is 1. The summed E-state index contributed by atoms with van der Waals surface area (Å²) in [4.78, 5) is 24.0. The summed E-state index contributed by atoms with van der Waals surface area (Å²) in [5.74, 6) is -1.18. The van der Waals surface area contributed by atoms with Gasteiger partial charge in [0, 0.05) is 11.0 Å². The van der Waals surface area contributed by atoms with E-state index in [2.05, 4.69) is 26.6 Å². The third-order valence-corrected chi connectivity index (χ3v) is 4.77. The van der Waals surface area contributed by atoms with E-state index >= 15 is 0 Å². The molecule has 1 heterocycles. The van der Waals surface area contributed by atoms with Crippen LogP contribution in [0.1, 0.15) is 36.5 Å². The summed E-state index contributed by atoms with van der Waals surface area (Å²) in [5, 5.41) is 15.3. The maximum Gasteiger partial charge on any atom is 0.337 e. The zero-order valence-electron chi connectivity index (χ0n) is 11.9. The van der Waals surface area contributed by atoms with Crippen LogP contribution in [0, 0.1) is 5.41 Å². The Bertz CT molecular complexity index is 554. The van der Waals surface area contributed by atoms with Gasteiger partial charge >= 0.3 is 5.97 Å². The van der Waals surface area contributed by atoms with Crippen LogP contribution in [0.15, 0.2) is 22.7 Å². The van der Waals surface area contributed by atoms with Crippen LogP contribution >= 0.6 is 15.9 Å². The first kappa shape index (κ1) is 16.0. The number of hydrogen-bond acceptors (Lipinski definition) is 3. The molecule has 2 rings (SSSR count). The molecule has 0 radical (unpaired) electrons. The first-order valence-electron chi connectivity index (χ1n) is 7.04. The molecule has 114 valence electrons. The number of rotatable bonds is 4. The molecule has 0 saturated carbocycles. The van der Waals surface area contributed by atoms with Crippen LogP contribution in [0.5, 0.6) is 0 Å². The SMILES string of the molecule is CCC1(C(=O)Nc2c(Br)cccc2C(=O)O)CCCNC1. The largest absolute Gasteiger partial charge is 0.478 e. The number of amides is 1. The number of anilines is 1. The van der Waals surface area contributed by atoms with E-state index < -0.39 is 11.4 Å². The molecule has 0 bridgehead atoms. The van der Waals surface area contributed by atoms with Crippen molar-refractivity contribution in [3.63, 3.8) is 0 Å². The molecule has 0 aliphatic carbocycles. The molecule has 1 amide bonds. The summed E-state index contributed by atoms with van der Waals surface area (Å²) in [6.07, 6.45) is 2.48. The fourth-order valence-corrected chi connectivity index (χ4v) is 3.16. The summed E-state index contributed by atoms with van der Waals surface area (Å²) < 4.78 is 0.575. The van der Waals surface area contributed by atoms with Crippen LogP contribution in [0.3, 0.4) is 0 Å². The van der Waals surface area contributed by atoms with Gasteiger partial charge in [0.25, 0.3) is 0 Å². The molecule has 6 heteroatoms. The van der Waals surface area contributed by atoms with Crippen LogP contribution in [0.4, 0.5) is 5.69 Å². The number of halogens is 1. The predicted molar refractivity (Wildman–Crippen MR) is 84.6 cm³/mol. The third-order valence-electron chi connectivity index (χ3n) is 4.11. The van der Waals surface area contributed by atoms with Gasteiger partial charge in [-0.05, 0) is 53.9 Å². The number of carboxylic acids is 1. The first-order valence-corrected chi connectivity index (χ1v) is 7.83. The second-order valence-corrected chi connectivity index (χ2v) is 6.19.